The molecule has 0 saturated heterocycles. The molecule has 0 bridgehead atoms. The zero-order chi connectivity index (χ0) is 55.0. The maximum absolute atomic E-state index is 12.6. The number of benzene rings is 6. The summed E-state index contributed by atoms with van der Waals surface area (Å²) in [4.78, 5) is 50.4. The Labute approximate surface area is 453 Å². The highest BCUT2D eigenvalue weighted by Crippen LogP contribution is 2.51. The van der Waals surface area contributed by atoms with Crippen molar-refractivity contribution in [3.05, 3.63) is 191 Å². The summed E-state index contributed by atoms with van der Waals surface area (Å²) >= 11 is 0. The smallest absolute Gasteiger partial charge is 0.412 e. The molecule has 2 saturated carbocycles. The molecule has 15 heteroatoms. The first kappa shape index (κ1) is 54.0. The van der Waals surface area contributed by atoms with Crippen molar-refractivity contribution < 1.29 is 47.2 Å². The maximum Gasteiger partial charge on any atom is 0.412 e. The minimum atomic E-state index is -0.587. The van der Waals surface area contributed by atoms with Gasteiger partial charge in [0.25, 0.3) is 0 Å². The number of aryl methyl sites for hydroxylation is 2. The molecule has 10 rings (SSSR count). The lowest BCUT2D eigenvalue weighted by Crippen LogP contribution is -2.25. The fraction of sp³-hybridized carbons (Fsp3) is 0.270. The lowest BCUT2D eigenvalue weighted by molar-refractivity contribution is -0.150. The Bertz CT molecular complexity index is 3350. The van der Waals surface area contributed by atoms with Crippen molar-refractivity contribution >= 4 is 35.5 Å². The number of amides is 2. The van der Waals surface area contributed by atoms with Crippen LogP contribution in [0.1, 0.15) is 99.2 Å². The second-order valence-electron chi connectivity index (χ2n) is 20.0. The van der Waals surface area contributed by atoms with Gasteiger partial charge < -0.3 is 33.7 Å². The molecule has 2 aliphatic carbocycles. The van der Waals surface area contributed by atoms with E-state index in [1.54, 1.807) is 13.8 Å². The summed E-state index contributed by atoms with van der Waals surface area (Å²) in [6.07, 6.45) is 1.10. The molecule has 2 aliphatic rings. The third-order valence-electron chi connectivity index (χ3n) is 14.1. The lowest BCUT2D eigenvalue weighted by atomic mass is 9.93. The van der Waals surface area contributed by atoms with Gasteiger partial charge in [0.1, 0.15) is 41.6 Å². The second kappa shape index (κ2) is 23.6. The van der Waals surface area contributed by atoms with Crippen molar-refractivity contribution in [3.63, 3.8) is 0 Å². The number of esters is 2. The average Bonchev–Trinajstić information content (AvgIpc) is 4.53. The molecule has 4 N–H and O–H groups in total. The van der Waals surface area contributed by atoms with Crippen LogP contribution in [0, 0.1) is 13.8 Å². The lowest BCUT2D eigenvalue weighted by Gasteiger charge is -2.17. The van der Waals surface area contributed by atoms with Gasteiger partial charge in [-0.15, -0.1) is 0 Å². The van der Waals surface area contributed by atoms with E-state index in [1.165, 1.54) is 0 Å². The van der Waals surface area contributed by atoms with Gasteiger partial charge in [-0.2, -0.15) is 0 Å². The molecule has 2 unspecified atom stereocenters. The van der Waals surface area contributed by atoms with E-state index in [1.807, 2.05) is 185 Å². The van der Waals surface area contributed by atoms with Crippen molar-refractivity contribution in [2.45, 2.75) is 96.4 Å². The number of aromatic nitrogens is 2. The number of nitrogens with one attached hydrogen (secondary N) is 2. The number of anilines is 2. The van der Waals surface area contributed by atoms with Gasteiger partial charge in [0.2, 0.25) is 0 Å². The molecule has 2 heterocycles. The Hall–Kier alpha value is -8.82. The number of rotatable bonds is 17. The van der Waals surface area contributed by atoms with Crippen LogP contribution in [0.4, 0.5) is 21.0 Å². The summed E-state index contributed by atoms with van der Waals surface area (Å²) in [5.74, 6) is 0.568. The minimum Gasteiger partial charge on any atom is -0.464 e. The van der Waals surface area contributed by atoms with Gasteiger partial charge in [0, 0.05) is 17.7 Å². The van der Waals surface area contributed by atoms with E-state index in [2.05, 4.69) is 20.9 Å². The first-order valence-corrected chi connectivity index (χ1v) is 26.2. The Morgan fingerprint density at radius 3 is 1.19 bits per heavy atom. The topological polar surface area (TPSA) is 207 Å². The van der Waals surface area contributed by atoms with Crippen LogP contribution in [0.15, 0.2) is 167 Å². The molecule has 0 aliphatic heterocycles. The van der Waals surface area contributed by atoms with Crippen LogP contribution in [0.2, 0.25) is 0 Å². The van der Waals surface area contributed by atoms with E-state index in [4.69, 9.17) is 33.7 Å². The zero-order valence-electron chi connectivity index (χ0n) is 44.5. The minimum absolute atomic E-state index is 0.125. The van der Waals surface area contributed by atoms with E-state index in [9.17, 15) is 19.2 Å². The molecule has 2 atom stereocenters. The standard InChI is InChI=1S/C32H32N2O5.C31H31N3O5/c1-20(2)37-30(35)32(18-19-32)27-16-14-25(15-17-27)24-10-12-26(13-11-24)29-28(21(3)34-39-29)33-31(36)38-22(4)23-8-6-5-7-9-23;1-20-27(33-30(36)38-21(2)22-6-4-3-5-7-22)28(39-34-20)25-10-8-23(9-11-25)24-12-14-26(15-13-24)31(16-17-31)29(35)37-19-18-32/h5-17,20,22H,18-19H2,1-4H3,(H,33,36);3-15,21H,16-19,32H2,1-2H3,(H,33,36). The Balaban J connectivity index is 0.000000190. The quantitative estimate of drug-likeness (QED) is 0.0574. The van der Waals surface area contributed by atoms with Crippen LogP contribution < -0.4 is 16.4 Å². The summed E-state index contributed by atoms with van der Waals surface area (Å²) in [5.41, 5.74) is 15.8. The first-order chi connectivity index (χ1) is 37.7. The molecular formula is C63H63N5O10. The molecule has 0 radical (unpaired) electrons. The highest BCUT2D eigenvalue weighted by atomic mass is 16.6. The first-order valence-electron chi connectivity index (χ1n) is 26.2. The normalized spacial score (nSPS) is 14.4. The number of ether oxygens (including phenoxy) is 4. The number of nitrogens with two attached hydrogens (primary N) is 1. The van der Waals surface area contributed by atoms with Crippen LogP contribution >= 0.6 is 0 Å². The Morgan fingerprint density at radius 2 is 0.846 bits per heavy atom. The van der Waals surface area contributed by atoms with Gasteiger partial charge in [-0.05, 0) is 112 Å². The molecule has 8 aromatic rings. The van der Waals surface area contributed by atoms with Gasteiger partial charge in [0.15, 0.2) is 11.5 Å². The Kier molecular flexibility index (Phi) is 16.3. The third kappa shape index (κ3) is 12.2. The number of hydrogen-bond acceptors (Lipinski definition) is 13. The Morgan fingerprint density at radius 1 is 0.500 bits per heavy atom. The van der Waals surface area contributed by atoms with Crippen LogP contribution in [0.3, 0.4) is 0 Å². The maximum atomic E-state index is 12.6. The van der Waals surface area contributed by atoms with E-state index >= 15 is 0 Å². The number of nitrogens with zero attached hydrogens (tertiary/aromatic N) is 2. The van der Waals surface area contributed by atoms with Crippen molar-refractivity contribution in [3.8, 4) is 44.9 Å². The summed E-state index contributed by atoms with van der Waals surface area (Å²) in [6, 6.07) is 50.8. The molecule has 78 heavy (non-hydrogen) atoms. The van der Waals surface area contributed by atoms with Gasteiger partial charge in [0.05, 0.1) is 16.9 Å². The van der Waals surface area contributed by atoms with Crippen LogP contribution in [0.5, 0.6) is 0 Å². The molecule has 2 aromatic heterocycles. The summed E-state index contributed by atoms with van der Waals surface area (Å²) < 4.78 is 33.0. The van der Waals surface area contributed by atoms with E-state index in [-0.39, 0.29) is 24.6 Å². The zero-order valence-corrected chi connectivity index (χ0v) is 44.5. The fourth-order valence-corrected chi connectivity index (χ4v) is 9.28. The highest BCUT2D eigenvalue weighted by molar-refractivity contribution is 5.92. The second-order valence-corrected chi connectivity index (χ2v) is 20.0. The molecular weight excluding hydrogens is 987 g/mol. The summed E-state index contributed by atoms with van der Waals surface area (Å²) in [5, 5.41) is 13.7. The van der Waals surface area contributed by atoms with Crippen LogP contribution in [-0.4, -0.2) is 53.7 Å². The number of carbonyl (C=O) groups excluding carboxylic acids is 4. The monoisotopic (exact) mass is 1050 g/mol. The van der Waals surface area contributed by atoms with E-state index in [0.717, 1.165) is 81.3 Å². The van der Waals surface area contributed by atoms with E-state index < -0.39 is 35.2 Å². The van der Waals surface area contributed by atoms with Crippen molar-refractivity contribution in [2.75, 3.05) is 23.8 Å². The fourth-order valence-electron chi connectivity index (χ4n) is 9.28. The number of carbonyl (C=O) groups is 4. The predicted molar refractivity (Wildman–Crippen MR) is 297 cm³/mol. The SMILES string of the molecule is Cc1noc(-c2ccc(-c3ccc(C4(C(=O)OC(C)C)CC4)cc3)cc2)c1NC(=O)OC(C)c1ccccc1.Cc1noc(-c2ccc(-c3ccc(C4(C(=O)OCCN)CC4)cc3)cc2)c1NC(=O)OC(C)c1ccccc1. The van der Waals surface area contributed by atoms with Crippen molar-refractivity contribution in [1.29, 1.82) is 0 Å². The molecule has 0 spiro atoms. The van der Waals surface area contributed by atoms with Crippen molar-refractivity contribution in [2.24, 2.45) is 5.73 Å². The van der Waals surface area contributed by atoms with Crippen LogP contribution in [0.25, 0.3) is 44.9 Å². The van der Waals surface area contributed by atoms with Gasteiger partial charge >= 0.3 is 24.1 Å². The number of hydrogen-bond donors (Lipinski definition) is 3. The van der Waals surface area contributed by atoms with Crippen LogP contribution in [-0.2, 0) is 39.4 Å². The average molecular weight is 1050 g/mol. The van der Waals surface area contributed by atoms with Gasteiger partial charge in [-0.3, -0.25) is 20.2 Å². The molecule has 400 valence electrons. The molecule has 2 fully saturated rings. The van der Waals surface area contributed by atoms with Crippen molar-refractivity contribution in [1.82, 2.24) is 10.3 Å². The molecule has 6 aromatic carbocycles. The summed E-state index contributed by atoms with van der Waals surface area (Å²) in [7, 11) is 0. The van der Waals surface area contributed by atoms with Gasteiger partial charge in [-0.25, -0.2) is 9.59 Å². The highest BCUT2D eigenvalue weighted by Gasteiger charge is 2.53. The molecule has 15 nitrogen and oxygen atoms in total. The summed E-state index contributed by atoms with van der Waals surface area (Å²) in [6.45, 7) is 11.5. The largest absolute Gasteiger partial charge is 0.464 e. The third-order valence-corrected chi connectivity index (χ3v) is 14.1. The van der Waals surface area contributed by atoms with E-state index in [0.29, 0.717) is 40.8 Å². The molecule has 2 amide bonds. The predicted octanol–water partition coefficient (Wildman–Crippen LogP) is 13.8. The van der Waals surface area contributed by atoms with Gasteiger partial charge in [-0.1, -0.05) is 168 Å².